The lowest BCUT2D eigenvalue weighted by Gasteiger charge is -2.07. The van der Waals surface area contributed by atoms with E-state index in [-0.39, 0.29) is 0 Å². The summed E-state index contributed by atoms with van der Waals surface area (Å²) in [6.07, 6.45) is 0. The highest BCUT2D eigenvalue weighted by atomic mass is 35.5. The Morgan fingerprint density at radius 2 is 1.24 bits per heavy atom. The Balaban J connectivity index is 1.71. The molecule has 17 heavy (non-hydrogen) atoms. The molecule has 0 heterocycles. The molecule has 0 amide bonds. The van der Waals surface area contributed by atoms with Crippen LogP contribution in [0.25, 0.3) is 0 Å². The summed E-state index contributed by atoms with van der Waals surface area (Å²) in [5.41, 5.74) is 8.82. The van der Waals surface area contributed by atoms with Crippen molar-refractivity contribution in [2.24, 2.45) is 0 Å². The van der Waals surface area contributed by atoms with Crippen molar-refractivity contribution in [1.29, 1.82) is 0 Å². The summed E-state index contributed by atoms with van der Waals surface area (Å²) in [5.74, 6) is 0. The summed E-state index contributed by atoms with van der Waals surface area (Å²) >= 11 is 5.82. The van der Waals surface area contributed by atoms with Crippen LogP contribution in [0.5, 0.6) is 0 Å². The van der Waals surface area contributed by atoms with Gasteiger partial charge in [0.1, 0.15) is 0 Å². The van der Waals surface area contributed by atoms with Gasteiger partial charge in [-0.25, -0.2) is 0 Å². The molecule has 0 aliphatic heterocycles. The van der Waals surface area contributed by atoms with E-state index in [2.05, 4.69) is 23.0 Å². The molecule has 0 atom stereocenters. The summed E-state index contributed by atoms with van der Waals surface area (Å²) in [4.78, 5) is 0. The van der Waals surface area contributed by atoms with E-state index in [1.807, 2.05) is 42.5 Å². The Bertz CT molecular complexity index is 440. The van der Waals surface area contributed by atoms with Gasteiger partial charge in [0.15, 0.2) is 0 Å². The normalized spacial score (nSPS) is 10.4. The van der Waals surface area contributed by atoms with Gasteiger partial charge in [-0.1, -0.05) is 54.1 Å². The molecule has 0 aliphatic rings. The molecular weight excluding hydrogens is 232 g/mol. The quantitative estimate of drug-likeness (QED) is 0.626. The van der Waals surface area contributed by atoms with Gasteiger partial charge in [-0.3, -0.25) is 10.9 Å². The summed E-state index contributed by atoms with van der Waals surface area (Å²) in [5, 5.41) is 0.769. The Kier molecular flexibility index (Phi) is 4.56. The molecule has 0 aliphatic carbocycles. The summed E-state index contributed by atoms with van der Waals surface area (Å²) < 4.78 is 0. The SMILES string of the molecule is Clc1ccc(CNNCc2ccccc2)cc1. The summed E-state index contributed by atoms with van der Waals surface area (Å²) in [6, 6.07) is 18.1. The van der Waals surface area contributed by atoms with E-state index in [4.69, 9.17) is 11.6 Å². The maximum atomic E-state index is 5.82. The van der Waals surface area contributed by atoms with Crippen LogP contribution in [0.15, 0.2) is 54.6 Å². The van der Waals surface area contributed by atoms with Crippen molar-refractivity contribution in [2.45, 2.75) is 13.1 Å². The molecule has 2 rings (SSSR count). The van der Waals surface area contributed by atoms with Gasteiger partial charge in [0.05, 0.1) is 0 Å². The first-order valence-corrected chi connectivity index (χ1v) is 5.96. The smallest absolute Gasteiger partial charge is 0.0406 e. The lowest BCUT2D eigenvalue weighted by Crippen LogP contribution is -2.30. The summed E-state index contributed by atoms with van der Waals surface area (Å²) in [6.45, 7) is 1.60. The van der Waals surface area contributed by atoms with Gasteiger partial charge in [0, 0.05) is 18.1 Å². The lowest BCUT2D eigenvalue weighted by molar-refractivity contribution is 0.529. The van der Waals surface area contributed by atoms with Crippen molar-refractivity contribution in [1.82, 2.24) is 10.9 Å². The molecule has 2 N–H and O–H groups in total. The second-order valence-corrected chi connectivity index (χ2v) is 4.26. The monoisotopic (exact) mass is 246 g/mol. The summed E-state index contributed by atoms with van der Waals surface area (Å²) in [7, 11) is 0. The third kappa shape index (κ3) is 4.19. The molecule has 2 aromatic carbocycles. The first kappa shape index (κ1) is 12.1. The number of benzene rings is 2. The fourth-order valence-electron chi connectivity index (χ4n) is 1.53. The van der Waals surface area contributed by atoms with E-state index < -0.39 is 0 Å². The third-order valence-corrected chi connectivity index (χ3v) is 2.72. The van der Waals surface area contributed by atoms with Gasteiger partial charge in [0.25, 0.3) is 0 Å². The van der Waals surface area contributed by atoms with E-state index in [9.17, 15) is 0 Å². The Morgan fingerprint density at radius 1 is 0.706 bits per heavy atom. The first-order valence-electron chi connectivity index (χ1n) is 5.59. The van der Waals surface area contributed by atoms with Gasteiger partial charge in [0.2, 0.25) is 0 Å². The van der Waals surface area contributed by atoms with Crippen LogP contribution in [-0.2, 0) is 13.1 Å². The molecular formula is C14H15ClN2. The van der Waals surface area contributed by atoms with Gasteiger partial charge in [-0.2, -0.15) is 0 Å². The number of hydrazine groups is 1. The minimum Gasteiger partial charge on any atom is -0.253 e. The zero-order chi connectivity index (χ0) is 11.9. The highest BCUT2D eigenvalue weighted by Crippen LogP contribution is 2.08. The number of hydrogen-bond donors (Lipinski definition) is 2. The standard InChI is InChI=1S/C14H15ClN2/c15-14-8-6-13(7-9-14)11-17-16-10-12-4-2-1-3-5-12/h1-9,16-17H,10-11H2. The fourth-order valence-corrected chi connectivity index (χ4v) is 1.65. The van der Waals surface area contributed by atoms with E-state index in [0.29, 0.717) is 0 Å². The van der Waals surface area contributed by atoms with Crippen LogP contribution in [0.2, 0.25) is 5.02 Å². The average molecular weight is 247 g/mol. The highest BCUT2D eigenvalue weighted by Gasteiger charge is 1.93. The molecule has 0 saturated heterocycles. The van der Waals surface area contributed by atoms with Crippen molar-refractivity contribution in [3.05, 3.63) is 70.7 Å². The largest absolute Gasteiger partial charge is 0.253 e. The minimum atomic E-state index is 0.769. The second-order valence-electron chi connectivity index (χ2n) is 3.82. The molecule has 3 heteroatoms. The van der Waals surface area contributed by atoms with Gasteiger partial charge in [-0.05, 0) is 23.3 Å². The van der Waals surface area contributed by atoms with Crippen LogP contribution in [-0.4, -0.2) is 0 Å². The van der Waals surface area contributed by atoms with Gasteiger partial charge in [-0.15, -0.1) is 0 Å². The second kappa shape index (κ2) is 6.40. The van der Waals surface area contributed by atoms with Crippen molar-refractivity contribution >= 4 is 11.6 Å². The molecule has 0 saturated carbocycles. The van der Waals surface area contributed by atoms with Crippen LogP contribution in [0, 0.1) is 0 Å². The Labute approximate surface area is 107 Å². The molecule has 2 nitrogen and oxygen atoms in total. The fraction of sp³-hybridized carbons (Fsp3) is 0.143. The van der Waals surface area contributed by atoms with Crippen molar-refractivity contribution in [2.75, 3.05) is 0 Å². The predicted octanol–water partition coefficient (Wildman–Crippen LogP) is 3.13. The molecule has 0 spiro atoms. The molecule has 88 valence electrons. The van der Waals surface area contributed by atoms with E-state index in [1.165, 1.54) is 11.1 Å². The van der Waals surface area contributed by atoms with Crippen LogP contribution >= 0.6 is 11.6 Å². The van der Waals surface area contributed by atoms with Crippen molar-refractivity contribution < 1.29 is 0 Å². The van der Waals surface area contributed by atoms with Crippen LogP contribution in [0.3, 0.4) is 0 Å². The zero-order valence-electron chi connectivity index (χ0n) is 9.49. The maximum absolute atomic E-state index is 5.82. The van der Waals surface area contributed by atoms with Crippen LogP contribution in [0.4, 0.5) is 0 Å². The Morgan fingerprint density at radius 3 is 1.82 bits per heavy atom. The zero-order valence-corrected chi connectivity index (χ0v) is 10.2. The molecule has 0 fully saturated rings. The Hall–Kier alpha value is -1.35. The van der Waals surface area contributed by atoms with Crippen molar-refractivity contribution in [3.63, 3.8) is 0 Å². The average Bonchev–Trinajstić information content (AvgIpc) is 2.38. The lowest BCUT2D eigenvalue weighted by atomic mass is 10.2. The highest BCUT2D eigenvalue weighted by molar-refractivity contribution is 6.30. The van der Waals surface area contributed by atoms with Crippen molar-refractivity contribution in [3.8, 4) is 0 Å². The maximum Gasteiger partial charge on any atom is 0.0406 e. The van der Waals surface area contributed by atoms with Gasteiger partial charge < -0.3 is 0 Å². The topological polar surface area (TPSA) is 24.1 Å². The molecule has 0 bridgehead atoms. The van der Waals surface area contributed by atoms with Gasteiger partial charge >= 0.3 is 0 Å². The van der Waals surface area contributed by atoms with E-state index >= 15 is 0 Å². The number of halogens is 1. The molecule has 0 radical (unpaired) electrons. The first-order chi connectivity index (χ1) is 8.34. The van der Waals surface area contributed by atoms with E-state index in [1.54, 1.807) is 0 Å². The number of nitrogens with one attached hydrogen (secondary N) is 2. The van der Waals surface area contributed by atoms with Crippen LogP contribution < -0.4 is 10.9 Å². The predicted molar refractivity (Wildman–Crippen MR) is 71.6 cm³/mol. The molecule has 0 aromatic heterocycles. The molecule has 0 unspecified atom stereocenters. The third-order valence-electron chi connectivity index (χ3n) is 2.47. The number of rotatable bonds is 5. The number of hydrogen-bond acceptors (Lipinski definition) is 2. The van der Waals surface area contributed by atoms with E-state index in [0.717, 1.165) is 18.1 Å². The minimum absolute atomic E-state index is 0.769. The molecule has 2 aromatic rings. The van der Waals surface area contributed by atoms with Crippen LogP contribution in [0.1, 0.15) is 11.1 Å².